The number of hydrogen-bond acceptors (Lipinski definition) is 4. The second-order valence-corrected chi connectivity index (χ2v) is 7.77. The molecule has 9 nitrogen and oxygen atoms in total. The van der Waals surface area contributed by atoms with Crippen LogP contribution in [-0.2, 0) is 20.1 Å². The monoisotopic (exact) mass is 422 g/mol. The maximum absolute atomic E-state index is 13.1. The summed E-state index contributed by atoms with van der Waals surface area (Å²) in [6, 6.07) is 11.0. The van der Waals surface area contributed by atoms with E-state index in [4.69, 9.17) is 5.53 Å². The summed E-state index contributed by atoms with van der Waals surface area (Å²) < 4.78 is 4.35. The van der Waals surface area contributed by atoms with Crippen LogP contribution < -0.4 is 16.7 Å². The van der Waals surface area contributed by atoms with Crippen LogP contribution in [0.3, 0.4) is 0 Å². The van der Waals surface area contributed by atoms with Crippen LogP contribution in [-0.4, -0.2) is 19.7 Å². The van der Waals surface area contributed by atoms with E-state index < -0.39 is 11.2 Å². The van der Waals surface area contributed by atoms with Crippen LogP contribution >= 0.6 is 0 Å². The van der Waals surface area contributed by atoms with E-state index >= 15 is 0 Å². The van der Waals surface area contributed by atoms with Gasteiger partial charge in [-0.05, 0) is 30.9 Å². The highest BCUT2D eigenvalue weighted by atomic mass is 16.2. The molecule has 0 saturated carbocycles. The summed E-state index contributed by atoms with van der Waals surface area (Å²) in [6.07, 6.45) is 1.92. The molecule has 162 valence electrons. The Labute approximate surface area is 178 Å². The number of rotatable bonds is 8. The summed E-state index contributed by atoms with van der Waals surface area (Å²) in [7, 11) is 1.59. The fraction of sp³-hybridized carbons (Fsp3) is 0.409. The molecule has 0 N–H and O–H groups in total. The number of aryl methyl sites for hydroxylation is 2. The van der Waals surface area contributed by atoms with Gasteiger partial charge in [-0.1, -0.05) is 48.8 Å². The minimum Gasteiger partial charge on any atom is -0.326 e. The van der Waals surface area contributed by atoms with Crippen molar-refractivity contribution in [2.45, 2.75) is 52.2 Å². The van der Waals surface area contributed by atoms with Gasteiger partial charge in [0, 0.05) is 42.9 Å². The van der Waals surface area contributed by atoms with Gasteiger partial charge in [-0.3, -0.25) is 18.7 Å². The first-order chi connectivity index (χ1) is 14.8. The predicted octanol–water partition coefficient (Wildman–Crippen LogP) is 3.09. The van der Waals surface area contributed by atoms with E-state index in [-0.39, 0.29) is 23.4 Å². The molecule has 9 heteroatoms. The van der Waals surface area contributed by atoms with Crippen LogP contribution in [0.1, 0.15) is 37.4 Å². The fourth-order valence-corrected chi connectivity index (χ4v) is 3.81. The summed E-state index contributed by atoms with van der Waals surface area (Å²) in [5.41, 5.74) is 9.09. The van der Waals surface area contributed by atoms with Gasteiger partial charge in [-0.25, -0.2) is 4.79 Å². The normalized spacial score (nSPS) is 12.0. The summed E-state index contributed by atoms with van der Waals surface area (Å²) >= 11 is 0. The zero-order valence-electron chi connectivity index (χ0n) is 18.0. The highest BCUT2D eigenvalue weighted by Crippen LogP contribution is 2.12. The molecule has 0 bridgehead atoms. The van der Waals surface area contributed by atoms with Gasteiger partial charge in [0.25, 0.3) is 5.56 Å². The zero-order chi connectivity index (χ0) is 22.5. The Morgan fingerprint density at radius 3 is 2.48 bits per heavy atom. The average Bonchev–Trinajstić information content (AvgIpc) is 2.74. The molecule has 3 aromatic rings. The van der Waals surface area contributed by atoms with Crippen LogP contribution in [0.15, 0.2) is 55.9 Å². The van der Waals surface area contributed by atoms with Gasteiger partial charge in [0.1, 0.15) is 11.0 Å². The van der Waals surface area contributed by atoms with Crippen LogP contribution in [0.25, 0.3) is 21.5 Å². The summed E-state index contributed by atoms with van der Waals surface area (Å²) in [4.78, 5) is 41.7. The van der Waals surface area contributed by atoms with Crippen molar-refractivity contribution < 1.29 is 0 Å². The standard InChI is InChI=1S/C22H26N6O3/c1-15(24-25-23)9-7-8-12-27-21(30)19-18(29)13-16(2)28(20(19)26(3)22(27)31)14-17-10-5-4-6-11-17/h4-6,10-11,13,15H,7-9,12,14H2,1-3H3/t15-/m1/s1. The third-order valence-corrected chi connectivity index (χ3v) is 5.47. The molecular weight excluding hydrogens is 396 g/mol. The molecule has 0 aliphatic carbocycles. The van der Waals surface area contributed by atoms with Crippen LogP contribution in [0, 0.1) is 6.92 Å². The van der Waals surface area contributed by atoms with Crippen molar-refractivity contribution in [3.8, 4) is 0 Å². The van der Waals surface area contributed by atoms with Crippen LogP contribution in [0.4, 0.5) is 0 Å². The molecule has 1 aromatic carbocycles. The lowest BCUT2D eigenvalue weighted by Gasteiger charge is -2.18. The van der Waals surface area contributed by atoms with Gasteiger partial charge in [0.15, 0.2) is 5.43 Å². The van der Waals surface area contributed by atoms with Crippen LogP contribution in [0.2, 0.25) is 0 Å². The number of pyridine rings is 1. The Bertz CT molecular complexity index is 1310. The molecule has 0 saturated heterocycles. The first-order valence-electron chi connectivity index (χ1n) is 10.3. The summed E-state index contributed by atoms with van der Waals surface area (Å²) in [5.74, 6) is 0. The van der Waals surface area contributed by atoms with Crippen molar-refractivity contribution in [2.75, 3.05) is 0 Å². The Morgan fingerprint density at radius 2 is 1.81 bits per heavy atom. The lowest BCUT2D eigenvalue weighted by atomic mass is 10.1. The van der Waals surface area contributed by atoms with Gasteiger partial charge < -0.3 is 4.57 Å². The first-order valence-corrected chi connectivity index (χ1v) is 10.3. The molecule has 2 heterocycles. The molecule has 0 fully saturated rings. The van der Waals surface area contributed by atoms with Crippen molar-refractivity contribution in [3.63, 3.8) is 0 Å². The molecule has 0 spiro atoms. The highest BCUT2D eigenvalue weighted by Gasteiger charge is 2.18. The van der Waals surface area contributed by atoms with Gasteiger partial charge in [0.2, 0.25) is 0 Å². The van der Waals surface area contributed by atoms with Crippen molar-refractivity contribution in [3.05, 3.63) is 89.2 Å². The number of unbranched alkanes of at least 4 members (excludes halogenated alkanes) is 1. The van der Waals surface area contributed by atoms with E-state index in [1.165, 1.54) is 10.6 Å². The molecule has 3 rings (SSSR count). The molecule has 31 heavy (non-hydrogen) atoms. The van der Waals surface area contributed by atoms with E-state index in [0.29, 0.717) is 37.1 Å². The lowest BCUT2D eigenvalue weighted by Crippen LogP contribution is -2.42. The van der Waals surface area contributed by atoms with Gasteiger partial charge in [0.05, 0.1) is 0 Å². The third-order valence-electron chi connectivity index (χ3n) is 5.47. The minimum atomic E-state index is -0.562. The molecule has 0 unspecified atom stereocenters. The number of benzene rings is 1. The Hall–Kier alpha value is -3.58. The quantitative estimate of drug-likeness (QED) is 0.240. The van der Waals surface area contributed by atoms with E-state index in [0.717, 1.165) is 10.1 Å². The number of fused-ring (bicyclic) bond motifs is 1. The Morgan fingerprint density at radius 1 is 1.10 bits per heavy atom. The summed E-state index contributed by atoms with van der Waals surface area (Å²) in [6.45, 7) is 4.26. The lowest BCUT2D eigenvalue weighted by molar-refractivity contribution is 0.518. The maximum Gasteiger partial charge on any atom is 0.332 e. The largest absolute Gasteiger partial charge is 0.332 e. The Kier molecular flexibility index (Phi) is 6.77. The van der Waals surface area contributed by atoms with Gasteiger partial charge in [-0.15, -0.1) is 0 Å². The van der Waals surface area contributed by atoms with Crippen molar-refractivity contribution in [1.29, 1.82) is 0 Å². The van der Waals surface area contributed by atoms with E-state index in [2.05, 4.69) is 10.0 Å². The molecule has 0 aliphatic rings. The first kappa shape index (κ1) is 22.1. The van der Waals surface area contributed by atoms with E-state index in [9.17, 15) is 14.4 Å². The van der Waals surface area contributed by atoms with Gasteiger partial charge >= 0.3 is 5.69 Å². The van der Waals surface area contributed by atoms with E-state index in [1.54, 1.807) is 14.0 Å². The van der Waals surface area contributed by atoms with Crippen molar-refractivity contribution in [1.82, 2.24) is 13.7 Å². The second kappa shape index (κ2) is 9.49. The Balaban J connectivity index is 2.05. The number of hydrogen-bond donors (Lipinski definition) is 0. The van der Waals surface area contributed by atoms with Crippen molar-refractivity contribution >= 4 is 11.0 Å². The van der Waals surface area contributed by atoms with Gasteiger partial charge in [-0.2, -0.15) is 0 Å². The maximum atomic E-state index is 13.1. The number of nitrogens with zero attached hydrogens (tertiary/aromatic N) is 6. The van der Waals surface area contributed by atoms with Crippen LogP contribution in [0.5, 0.6) is 0 Å². The third kappa shape index (κ3) is 4.62. The average molecular weight is 422 g/mol. The number of azide groups is 1. The summed E-state index contributed by atoms with van der Waals surface area (Å²) in [5, 5.41) is 3.64. The smallest absolute Gasteiger partial charge is 0.326 e. The molecule has 0 amide bonds. The minimum absolute atomic E-state index is 0.0195. The molecule has 2 aromatic heterocycles. The molecule has 0 aliphatic heterocycles. The molecule has 0 radical (unpaired) electrons. The SMILES string of the molecule is Cc1cc(=O)c2c(=O)n(CCCC[C@@H](C)N=[N+]=[N-])c(=O)n(C)c2n1Cc1ccccc1. The second-order valence-electron chi connectivity index (χ2n) is 7.77. The topological polar surface area (TPSA) is 115 Å². The molecular formula is C22H26N6O3. The molecule has 1 atom stereocenters. The van der Waals surface area contributed by atoms with E-state index in [1.807, 2.05) is 41.8 Å². The van der Waals surface area contributed by atoms with Crippen molar-refractivity contribution in [2.24, 2.45) is 12.2 Å². The predicted molar refractivity (Wildman–Crippen MR) is 120 cm³/mol. The highest BCUT2D eigenvalue weighted by molar-refractivity contribution is 5.74. The zero-order valence-corrected chi connectivity index (χ0v) is 18.0. The fourth-order valence-electron chi connectivity index (χ4n) is 3.81. The number of aromatic nitrogens is 3.